The Morgan fingerprint density at radius 3 is 2.86 bits per heavy atom. The van der Waals surface area contributed by atoms with Gasteiger partial charge in [-0.1, -0.05) is 24.8 Å². The lowest BCUT2D eigenvalue weighted by atomic mass is 10.1. The number of thioether (sulfide) groups is 1. The molecule has 28 heavy (non-hydrogen) atoms. The highest BCUT2D eigenvalue weighted by Crippen LogP contribution is 2.28. The van der Waals surface area contributed by atoms with Gasteiger partial charge in [0.15, 0.2) is 5.16 Å². The molecule has 2 aromatic heterocycles. The second-order valence-corrected chi connectivity index (χ2v) is 8.04. The van der Waals surface area contributed by atoms with E-state index in [1.54, 1.807) is 4.57 Å². The molecule has 1 aliphatic heterocycles. The van der Waals surface area contributed by atoms with Crippen molar-refractivity contribution < 1.29 is 4.79 Å². The number of rotatable bonds is 3. The van der Waals surface area contributed by atoms with E-state index in [0.29, 0.717) is 23.9 Å². The summed E-state index contributed by atoms with van der Waals surface area (Å²) < 4.78 is 1.65. The second kappa shape index (κ2) is 7.39. The van der Waals surface area contributed by atoms with Gasteiger partial charge in [-0.2, -0.15) is 0 Å². The van der Waals surface area contributed by atoms with E-state index in [-0.39, 0.29) is 17.4 Å². The minimum atomic E-state index is -0.293. The molecule has 1 N–H and O–H groups in total. The number of amides is 1. The number of nitrogens with zero attached hydrogens (tertiary/aromatic N) is 3. The van der Waals surface area contributed by atoms with Gasteiger partial charge in [0.1, 0.15) is 0 Å². The quantitative estimate of drug-likeness (QED) is 0.690. The number of benzene rings is 1. The van der Waals surface area contributed by atoms with Crippen molar-refractivity contribution in [3.63, 3.8) is 0 Å². The third-order valence-electron chi connectivity index (χ3n) is 5.10. The number of fused-ring (bicyclic) bond motifs is 2. The number of carbonyl (C=O) groups is 1. The van der Waals surface area contributed by atoms with Crippen molar-refractivity contribution in [3.05, 3.63) is 57.6 Å². The highest BCUT2D eigenvalue weighted by Gasteiger charge is 2.28. The number of carbonyl (C=O) groups excluding carboxylic acids is 1. The van der Waals surface area contributed by atoms with Crippen LogP contribution in [-0.2, 0) is 17.8 Å². The van der Waals surface area contributed by atoms with Gasteiger partial charge in [0, 0.05) is 34.6 Å². The van der Waals surface area contributed by atoms with E-state index < -0.39 is 0 Å². The average Bonchev–Trinajstić information content (AvgIpc) is 2.68. The highest BCUT2D eigenvalue weighted by atomic mass is 32.2. The molecule has 0 spiro atoms. The normalized spacial score (nSPS) is 16.0. The summed E-state index contributed by atoms with van der Waals surface area (Å²) in [5.74, 6) is 0.223. The fourth-order valence-electron chi connectivity index (χ4n) is 3.56. The van der Waals surface area contributed by atoms with E-state index in [9.17, 15) is 9.59 Å². The Balaban J connectivity index is 1.60. The lowest BCUT2D eigenvalue weighted by Crippen LogP contribution is -2.38. The standard InChI is InChI=1S/C21H22N4O2S/c1-4-15-13(3)23-21-25(20(15)27)10-14(11-28-21)19(26)24-18-7-5-6-17-16(18)9-8-12(2)22-17/h5-9,14H,4,10-11H2,1-3H3,(H,24,26). The smallest absolute Gasteiger partial charge is 0.257 e. The molecule has 1 unspecified atom stereocenters. The van der Waals surface area contributed by atoms with Crippen LogP contribution in [0.3, 0.4) is 0 Å². The van der Waals surface area contributed by atoms with E-state index in [4.69, 9.17) is 0 Å². The number of hydrogen-bond donors (Lipinski definition) is 1. The van der Waals surface area contributed by atoms with Gasteiger partial charge in [-0.15, -0.1) is 0 Å². The first-order chi connectivity index (χ1) is 13.5. The predicted octanol–water partition coefficient (Wildman–Crippen LogP) is 3.33. The fraction of sp³-hybridized carbons (Fsp3) is 0.333. The van der Waals surface area contributed by atoms with Crippen molar-refractivity contribution in [2.24, 2.45) is 5.92 Å². The van der Waals surface area contributed by atoms with Gasteiger partial charge < -0.3 is 5.32 Å². The first-order valence-corrected chi connectivity index (χ1v) is 10.4. The zero-order valence-electron chi connectivity index (χ0n) is 16.2. The van der Waals surface area contributed by atoms with Gasteiger partial charge in [-0.05, 0) is 44.5 Å². The number of aromatic nitrogens is 3. The molecule has 4 rings (SSSR count). The van der Waals surface area contributed by atoms with Crippen LogP contribution in [0.15, 0.2) is 40.3 Å². The number of anilines is 1. The maximum absolute atomic E-state index is 12.9. The van der Waals surface area contributed by atoms with Gasteiger partial charge in [0.25, 0.3) is 5.56 Å². The second-order valence-electron chi connectivity index (χ2n) is 7.05. The molecule has 6 nitrogen and oxygen atoms in total. The molecular weight excluding hydrogens is 372 g/mol. The summed E-state index contributed by atoms with van der Waals surface area (Å²) in [4.78, 5) is 34.8. The van der Waals surface area contributed by atoms with E-state index in [2.05, 4.69) is 15.3 Å². The van der Waals surface area contributed by atoms with Gasteiger partial charge >= 0.3 is 0 Å². The zero-order valence-corrected chi connectivity index (χ0v) is 17.0. The van der Waals surface area contributed by atoms with Crippen molar-refractivity contribution in [1.29, 1.82) is 0 Å². The summed E-state index contributed by atoms with van der Waals surface area (Å²) in [6.07, 6.45) is 0.641. The van der Waals surface area contributed by atoms with Crippen LogP contribution in [0.2, 0.25) is 0 Å². The zero-order chi connectivity index (χ0) is 19.8. The topological polar surface area (TPSA) is 76.9 Å². The molecule has 3 heterocycles. The molecule has 0 aliphatic carbocycles. The average molecular weight is 395 g/mol. The van der Waals surface area contributed by atoms with Crippen molar-refractivity contribution in [2.75, 3.05) is 11.1 Å². The first-order valence-electron chi connectivity index (χ1n) is 9.38. The maximum Gasteiger partial charge on any atom is 0.257 e. The van der Waals surface area contributed by atoms with Crippen molar-refractivity contribution >= 4 is 34.3 Å². The van der Waals surface area contributed by atoms with Crippen LogP contribution in [0, 0.1) is 19.8 Å². The van der Waals surface area contributed by atoms with Gasteiger partial charge in [0.2, 0.25) is 5.91 Å². The number of pyridine rings is 1. The van der Waals surface area contributed by atoms with Gasteiger partial charge in [-0.3, -0.25) is 19.1 Å². The summed E-state index contributed by atoms with van der Waals surface area (Å²) >= 11 is 1.47. The van der Waals surface area contributed by atoms with Crippen LogP contribution in [0.1, 0.15) is 23.9 Å². The Morgan fingerprint density at radius 2 is 2.07 bits per heavy atom. The molecular formula is C21H22N4O2S. The molecule has 7 heteroatoms. The summed E-state index contributed by atoms with van der Waals surface area (Å²) in [5, 5.41) is 4.65. The molecule has 1 amide bonds. The molecule has 1 atom stereocenters. The largest absolute Gasteiger partial charge is 0.325 e. The van der Waals surface area contributed by atoms with Gasteiger partial charge in [0.05, 0.1) is 17.1 Å². The van der Waals surface area contributed by atoms with E-state index in [1.807, 2.05) is 51.1 Å². The third-order valence-corrected chi connectivity index (χ3v) is 6.24. The van der Waals surface area contributed by atoms with Crippen LogP contribution in [0.25, 0.3) is 10.9 Å². The third kappa shape index (κ3) is 3.30. The van der Waals surface area contributed by atoms with E-state index >= 15 is 0 Å². The molecule has 0 saturated carbocycles. The Hall–Kier alpha value is -2.67. The van der Waals surface area contributed by atoms with Crippen molar-refractivity contribution in [3.8, 4) is 0 Å². The minimum Gasteiger partial charge on any atom is -0.325 e. The van der Waals surface area contributed by atoms with Crippen LogP contribution in [0.5, 0.6) is 0 Å². The molecule has 0 bridgehead atoms. The Kier molecular flexibility index (Phi) is 4.93. The number of hydrogen-bond acceptors (Lipinski definition) is 5. The van der Waals surface area contributed by atoms with Crippen LogP contribution >= 0.6 is 11.8 Å². The minimum absolute atomic E-state index is 0.0279. The van der Waals surface area contributed by atoms with Crippen LogP contribution in [-0.4, -0.2) is 26.2 Å². The Labute approximate surface area is 167 Å². The summed E-state index contributed by atoms with van der Waals surface area (Å²) in [6, 6.07) is 9.62. The van der Waals surface area contributed by atoms with Gasteiger partial charge in [-0.25, -0.2) is 4.98 Å². The van der Waals surface area contributed by atoms with E-state index in [1.165, 1.54) is 11.8 Å². The SMILES string of the molecule is CCc1c(C)nc2n(c1=O)CC(C(=O)Nc1cccc3nc(C)ccc13)CS2. The fourth-order valence-corrected chi connectivity index (χ4v) is 4.68. The van der Waals surface area contributed by atoms with E-state index in [0.717, 1.165) is 33.5 Å². The Morgan fingerprint density at radius 1 is 1.25 bits per heavy atom. The van der Waals surface area contributed by atoms with Crippen LogP contribution < -0.4 is 10.9 Å². The summed E-state index contributed by atoms with van der Waals surface area (Å²) in [5.41, 5.74) is 4.01. The summed E-state index contributed by atoms with van der Waals surface area (Å²) in [7, 11) is 0. The lowest BCUT2D eigenvalue weighted by molar-refractivity contribution is -0.119. The lowest BCUT2D eigenvalue weighted by Gasteiger charge is -2.25. The maximum atomic E-state index is 12.9. The monoisotopic (exact) mass is 394 g/mol. The number of aryl methyl sites for hydroxylation is 2. The molecule has 1 aliphatic rings. The first kappa shape index (κ1) is 18.7. The molecule has 0 radical (unpaired) electrons. The predicted molar refractivity (Wildman–Crippen MR) is 112 cm³/mol. The molecule has 3 aromatic rings. The van der Waals surface area contributed by atoms with Crippen molar-refractivity contribution in [1.82, 2.24) is 14.5 Å². The Bertz CT molecular complexity index is 1140. The number of nitrogens with one attached hydrogen (secondary N) is 1. The van der Waals surface area contributed by atoms with Crippen molar-refractivity contribution in [2.45, 2.75) is 38.9 Å². The molecule has 0 fully saturated rings. The summed E-state index contributed by atoms with van der Waals surface area (Å²) in [6.45, 7) is 6.13. The molecule has 144 valence electrons. The highest BCUT2D eigenvalue weighted by molar-refractivity contribution is 7.99. The molecule has 0 saturated heterocycles. The molecule has 1 aromatic carbocycles. The van der Waals surface area contributed by atoms with Crippen LogP contribution in [0.4, 0.5) is 5.69 Å².